The Labute approximate surface area is 205 Å². The van der Waals surface area contributed by atoms with Gasteiger partial charge in [0, 0.05) is 18.1 Å². The van der Waals surface area contributed by atoms with Crippen LogP contribution in [0.2, 0.25) is 10.0 Å². The van der Waals surface area contributed by atoms with Gasteiger partial charge in [0.25, 0.3) is 0 Å². The Bertz CT molecular complexity index is 1060. The molecule has 1 atom stereocenters. The first kappa shape index (κ1) is 27.0. The lowest BCUT2D eigenvalue weighted by Gasteiger charge is -2.33. The quantitative estimate of drug-likeness (QED) is 0.495. The molecule has 10 heteroatoms. The maximum absolute atomic E-state index is 13.5. The number of halogens is 2. The van der Waals surface area contributed by atoms with Gasteiger partial charge in [-0.3, -0.25) is 13.9 Å². The van der Waals surface area contributed by atoms with Crippen molar-refractivity contribution in [1.29, 1.82) is 0 Å². The molecule has 2 aromatic carbocycles. The highest BCUT2D eigenvalue weighted by molar-refractivity contribution is 7.92. The van der Waals surface area contributed by atoms with Crippen LogP contribution in [0.25, 0.3) is 0 Å². The normalized spacial score (nSPS) is 12.2. The Balaban J connectivity index is 2.39. The van der Waals surface area contributed by atoms with E-state index >= 15 is 0 Å². The Hall–Kier alpha value is -2.29. The van der Waals surface area contributed by atoms with Gasteiger partial charge in [0.1, 0.15) is 12.6 Å². The Kier molecular flexibility index (Phi) is 10.0. The third kappa shape index (κ3) is 7.62. The molecule has 0 saturated carbocycles. The molecule has 0 aliphatic heterocycles. The fraction of sp³-hybridized carbons (Fsp3) is 0.391. The third-order valence-corrected chi connectivity index (χ3v) is 6.76. The average molecular weight is 514 g/mol. The van der Waals surface area contributed by atoms with Crippen molar-refractivity contribution < 1.29 is 18.0 Å². The molecule has 0 heterocycles. The summed E-state index contributed by atoms with van der Waals surface area (Å²) in [4.78, 5) is 27.6. The highest BCUT2D eigenvalue weighted by Crippen LogP contribution is 2.30. The molecule has 0 fully saturated rings. The standard InChI is InChI=1S/C23H29Cl2N3O4S/c1-4-20(23(30)26-5-2)27(14-13-17-9-7-6-8-10-17)22(29)16-28(33(3,31)32)21-15-18(24)11-12-19(21)25/h6-12,15,20H,4-5,13-14,16H2,1-3H3,(H,26,30)/t20-/m0/s1. The lowest BCUT2D eigenvalue weighted by molar-refractivity contribution is -0.139. The summed E-state index contributed by atoms with van der Waals surface area (Å²) in [6.45, 7) is 3.77. The zero-order chi connectivity index (χ0) is 24.6. The number of carbonyl (C=O) groups is 2. The van der Waals surface area contributed by atoms with E-state index in [1.54, 1.807) is 6.92 Å². The van der Waals surface area contributed by atoms with Crippen LogP contribution in [-0.4, -0.2) is 57.1 Å². The molecule has 33 heavy (non-hydrogen) atoms. The first-order valence-electron chi connectivity index (χ1n) is 10.6. The van der Waals surface area contributed by atoms with E-state index in [4.69, 9.17) is 23.2 Å². The van der Waals surface area contributed by atoms with E-state index in [2.05, 4.69) is 5.32 Å². The lowest BCUT2D eigenvalue weighted by Crippen LogP contribution is -2.53. The summed E-state index contributed by atoms with van der Waals surface area (Å²) in [6.07, 6.45) is 1.88. The molecule has 0 radical (unpaired) electrons. The number of amides is 2. The van der Waals surface area contributed by atoms with Crippen LogP contribution < -0.4 is 9.62 Å². The summed E-state index contributed by atoms with van der Waals surface area (Å²) in [5.41, 5.74) is 1.10. The highest BCUT2D eigenvalue weighted by Gasteiger charge is 2.31. The van der Waals surface area contributed by atoms with Gasteiger partial charge in [-0.1, -0.05) is 60.5 Å². The Morgan fingerprint density at radius 3 is 2.30 bits per heavy atom. The van der Waals surface area contributed by atoms with Crippen LogP contribution in [0.1, 0.15) is 25.8 Å². The molecule has 2 aromatic rings. The fourth-order valence-corrected chi connectivity index (χ4v) is 4.75. The number of hydrogen-bond donors (Lipinski definition) is 1. The van der Waals surface area contributed by atoms with E-state index in [0.717, 1.165) is 16.1 Å². The third-order valence-electron chi connectivity index (χ3n) is 5.08. The Morgan fingerprint density at radius 1 is 1.06 bits per heavy atom. The van der Waals surface area contributed by atoms with Crippen molar-refractivity contribution in [3.63, 3.8) is 0 Å². The molecule has 0 aromatic heterocycles. The van der Waals surface area contributed by atoms with Gasteiger partial charge in [0.05, 0.1) is 17.0 Å². The van der Waals surface area contributed by atoms with Gasteiger partial charge < -0.3 is 10.2 Å². The minimum atomic E-state index is -3.87. The van der Waals surface area contributed by atoms with Crippen LogP contribution >= 0.6 is 23.2 Å². The molecule has 0 bridgehead atoms. The topological polar surface area (TPSA) is 86.8 Å². The predicted octanol–water partition coefficient (Wildman–Crippen LogP) is 3.75. The van der Waals surface area contributed by atoms with Gasteiger partial charge in [0.15, 0.2) is 0 Å². The second kappa shape index (κ2) is 12.3. The monoisotopic (exact) mass is 513 g/mol. The number of sulfonamides is 1. The van der Waals surface area contributed by atoms with Crippen LogP contribution in [0, 0.1) is 0 Å². The molecule has 2 rings (SSSR count). The van der Waals surface area contributed by atoms with Crippen molar-refractivity contribution in [3.8, 4) is 0 Å². The molecule has 0 saturated heterocycles. The van der Waals surface area contributed by atoms with Crippen LogP contribution in [0.15, 0.2) is 48.5 Å². The smallest absolute Gasteiger partial charge is 0.244 e. The van der Waals surface area contributed by atoms with E-state index in [1.807, 2.05) is 37.3 Å². The summed E-state index contributed by atoms with van der Waals surface area (Å²) in [6, 6.07) is 13.2. The maximum atomic E-state index is 13.5. The molecule has 0 aliphatic carbocycles. The number of nitrogens with zero attached hydrogens (tertiary/aromatic N) is 2. The molecule has 0 aliphatic rings. The molecule has 1 N–H and O–H groups in total. The minimum Gasteiger partial charge on any atom is -0.355 e. The molecular weight excluding hydrogens is 485 g/mol. The first-order valence-corrected chi connectivity index (χ1v) is 13.2. The van der Waals surface area contributed by atoms with E-state index in [9.17, 15) is 18.0 Å². The molecule has 180 valence electrons. The van der Waals surface area contributed by atoms with Gasteiger partial charge in [0.2, 0.25) is 21.8 Å². The van der Waals surface area contributed by atoms with Crippen LogP contribution in [-0.2, 0) is 26.0 Å². The maximum Gasteiger partial charge on any atom is 0.244 e. The van der Waals surface area contributed by atoms with Crippen LogP contribution in [0.3, 0.4) is 0 Å². The van der Waals surface area contributed by atoms with Gasteiger partial charge in [-0.25, -0.2) is 8.42 Å². The molecule has 7 nitrogen and oxygen atoms in total. The summed E-state index contributed by atoms with van der Waals surface area (Å²) < 4.78 is 26.1. The summed E-state index contributed by atoms with van der Waals surface area (Å²) in [5, 5.41) is 3.18. The second-order valence-corrected chi connectivity index (χ2v) is 10.3. The van der Waals surface area contributed by atoms with Crippen molar-refractivity contribution in [3.05, 3.63) is 64.1 Å². The first-order chi connectivity index (χ1) is 15.6. The van der Waals surface area contributed by atoms with Crippen molar-refractivity contribution in [2.24, 2.45) is 0 Å². The average Bonchev–Trinajstić information content (AvgIpc) is 2.76. The zero-order valence-corrected chi connectivity index (χ0v) is 21.3. The van der Waals surface area contributed by atoms with Gasteiger partial charge in [-0.15, -0.1) is 0 Å². The summed E-state index contributed by atoms with van der Waals surface area (Å²) in [7, 11) is -3.87. The number of likely N-dealkylation sites (N-methyl/N-ethyl adjacent to an activating group) is 1. The van der Waals surface area contributed by atoms with E-state index in [0.29, 0.717) is 19.4 Å². The van der Waals surface area contributed by atoms with Crippen molar-refractivity contribution in [2.75, 3.05) is 30.2 Å². The summed E-state index contributed by atoms with van der Waals surface area (Å²) >= 11 is 12.3. The number of anilines is 1. The highest BCUT2D eigenvalue weighted by atomic mass is 35.5. The van der Waals surface area contributed by atoms with Crippen molar-refractivity contribution in [2.45, 2.75) is 32.7 Å². The number of nitrogens with one attached hydrogen (secondary N) is 1. The molecule has 0 unspecified atom stereocenters. The van der Waals surface area contributed by atoms with E-state index < -0.39 is 28.5 Å². The lowest BCUT2D eigenvalue weighted by atomic mass is 10.1. The predicted molar refractivity (Wildman–Crippen MR) is 133 cm³/mol. The molecule has 0 spiro atoms. The number of benzene rings is 2. The second-order valence-electron chi connectivity index (χ2n) is 7.51. The fourth-order valence-electron chi connectivity index (χ4n) is 3.46. The summed E-state index contributed by atoms with van der Waals surface area (Å²) in [5.74, 6) is -0.793. The number of carbonyl (C=O) groups excluding carboxylic acids is 2. The number of hydrogen-bond acceptors (Lipinski definition) is 4. The SMILES string of the molecule is CCNC(=O)[C@H](CC)N(CCc1ccccc1)C(=O)CN(c1cc(Cl)ccc1Cl)S(C)(=O)=O. The van der Waals surface area contributed by atoms with Gasteiger partial charge in [-0.05, 0) is 43.5 Å². The molecule has 2 amide bonds. The Morgan fingerprint density at radius 2 is 1.73 bits per heavy atom. The largest absolute Gasteiger partial charge is 0.355 e. The van der Waals surface area contributed by atoms with Crippen LogP contribution in [0.4, 0.5) is 5.69 Å². The number of rotatable bonds is 11. The zero-order valence-electron chi connectivity index (χ0n) is 18.9. The van der Waals surface area contributed by atoms with E-state index in [1.165, 1.54) is 23.1 Å². The minimum absolute atomic E-state index is 0.106. The van der Waals surface area contributed by atoms with E-state index in [-0.39, 0.29) is 28.2 Å². The van der Waals surface area contributed by atoms with Crippen molar-refractivity contribution >= 4 is 50.7 Å². The van der Waals surface area contributed by atoms with Gasteiger partial charge in [-0.2, -0.15) is 0 Å². The molecular formula is C23H29Cl2N3O4S. The van der Waals surface area contributed by atoms with Gasteiger partial charge >= 0.3 is 0 Å². The van der Waals surface area contributed by atoms with Crippen LogP contribution in [0.5, 0.6) is 0 Å². The van der Waals surface area contributed by atoms with Crippen molar-refractivity contribution in [1.82, 2.24) is 10.2 Å².